The van der Waals surface area contributed by atoms with E-state index in [4.69, 9.17) is 85.7 Å². The fourth-order valence-corrected chi connectivity index (χ4v) is 15.8. The minimum atomic E-state index is -0.640. The number of methoxy groups -OCH3 is 5. The first-order valence-corrected chi connectivity index (χ1v) is 45.4. The molecular formula is C96H108N32O15. The molecule has 0 radical (unpaired) electrons. The van der Waals surface area contributed by atoms with Crippen molar-refractivity contribution in [3.63, 3.8) is 0 Å². The number of aromatic nitrogens is 24. The highest BCUT2D eigenvalue weighted by atomic mass is 16.5. The van der Waals surface area contributed by atoms with Crippen LogP contribution in [0.5, 0.6) is 11.8 Å². The number of H-pyrrole nitrogens is 5. The van der Waals surface area contributed by atoms with E-state index in [1.165, 1.54) is 64.3 Å². The average molecular weight is 1950 g/mol. The van der Waals surface area contributed by atoms with E-state index >= 15 is 0 Å². The molecule has 47 heteroatoms. The fourth-order valence-electron chi connectivity index (χ4n) is 15.8. The number of nitrogens with zero attached hydrogens (tertiary/aromatic N) is 27. The van der Waals surface area contributed by atoms with Gasteiger partial charge in [0.2, 0.25) is 51.6 Å². The number of hydrogen-bond acceptors (Lipinski definition) is 25. The quantitative estimate of drug-likeness (QED) is 0.0176. The lowest BCUT2D eigenvalue weighted by molar-refractivity contribution is 0.0517. The summed E-state index contributed by atoms with van der Waals surface area (Å²) in [6.45, 7) is 79.3. The topological polar surface area (TPSA) is 487 Å². The van der Waals surface area contributed by atoms with Gasteiger partial charge in [-0.05, 0) is 112 Å². The summed E-state index contributed by atoms with van der Waals surface area (Å²) in [5, 5.41) is 35.4. The van der Waals surface area contributed by atoms with Crippen molar-refractivity contribution >= 4 is 96.6 Å². The molecule has 1 aliphatic carbocycles. The molecule has 0 saturated heterocycles. The van der Waals surface area contributed by atoms with Gasteiger partial charge in [0, 0.05) is 141 Å². The lowest BCUT2D eigenvalue weighted by Crippen LogP contribution is -2.25. The van der Waals surface area contributed by atoms with Crippen LogP contribution in [-0.2, 0) is 108 Å². The predicted octanol–water partition coefficient (Wildman–Crippen LogP) is 12.9. The Morgan fingerprint density at radius 1 is 0.427 bits per heavy atom. The molecule has 143 heavy (non-hydrogen) atoms. The Labute approximate surface area is 817 Å². The number of aryl methyl sites for hydroxylation is 6. The summed E-state index contributed by atoms with van der Waals surface area (Å²) < 4.78 is 49.0. The molecule has 47 nitrogen and oxygen atoms in total. The van der Waals surface area contributed by atoms with Gasteiger partial charge in [0.1, 0.15) is 12.3 Å². The number of aromatic amines is 5. The van der Waals surface area contributed by atoms with Crippen molar-refractivity contribution in [3.05, 3.63) is 293 Å². The second-order valence-corrected chi connectivity index (χ2v) is 31.5. The summed E-state index contributed by atoms with van der Waals surface area (Å²) in [7, 11) is 9.89. The number of carbonyl (C=O) groups excluding carboxylic acids is 1. The summed E-state index contributed by atoms with van der Waals surface area (Å²) in [6.07, 6.45) is 21.9. The van der Waals surface area contributed by atoms with E-state index in [1.807, 2.05) is 60.1 Å². The van der Waals surface area contributed by atoms with Crippen molar-refractivity contribution < 1.29 is 43.1 Å². The van der Waals surface area contributed by atoms with Crippen LogP contribution in [0.2, 0.25) is 0 Å². The zero-order valence-corrected chi connectivity index (χ0v) is 82.3. The van der Waals surface area contributed by atoms with Gasteiger partial charge in [0.15, 0.2) is 45.2 Å². The maximum Gasteiger partial charge on any atom is 0.357 e. The Morgan fingerprint density at radius 2 is 0.881 bits per heavy atom. The van der Waals surface area contributed by atoms with Gasteiger partial charge in [-0.2, -0.15) is 28.8 Å². The van der Waals surface area contributed by atoms with Gasteiger partial charge in [0.05, 0.1) is 134 Å². The Kier molecular flexibility index (Phi) is 37.8. The number of hydrogen-bond donors (Lipinski definition) is 6. The fraction of sp³-hybridized carbons (Fsp3) is 0.406. The van der Waals surface area contributed by atoms with Gasteiger partial charge in [0.25, 0.3) is 39.0 Å². The summed E-state index contributed by atoms with van der Waals surface area (Å²) in [4.78, 5) is 142. The van der Waals surface area contributed by atoms with Crippen LogP contribution in [0.25, 0.3) is 83.9 Å². The van der Waals surface area contributed by atoms with E-state index in [0.717, 1.165) is 96.7 Å². The molecule has 0 aliphatic heterocycles. The van der Waals surface area contributed by atoms with Crippen LogP contribution in [-0.4, -0.2) is 196 Å². The Morgan fingerprint density at radius 3 is 1.37 bits per heavy atom. The van der Waals surface area contributed by atoms with Crippen molar-refractivity contribution in [1.29, 1.82) is 0 Å². The molecule has 0 spiro atoms. The molecular weight excluding hydrogens is 1840 g/mol. The average Bonchev–Trinajstić information content (AvgIpc) is 1.53. The third kappa shape index (κ3) is 22.8. The monoisotopic (exact) mass is 1950 g/mol. The number of ether oxygens (including phenoxy) is 7. The minimum Gasteiger partial charge on any atom is -0.481 e. The zero-order chi connectivity index (χ0) is 104. The molecule has 0 aromatic carbocycles. The normalized spacial score (nSPS) is 11.1. The van der Waals surface area contributed by atoms with Crippen molar-refractivity contribution in [2.75, 3.05) is 68.6 Å². The molecule has 0 bridgehead atoms. The molecule has 742 valence electrons. The third-order valence-corrected chi connectivity index (χ3v) is 22.9. The zero-order valence-electron chi connectivity index (χ0n) is 82.3. The maximum absolute atomic E-state index is 12.4. The van der Waals surface area contributed by atoms with Crippen molar-refractivity contribution in [1.82, 2.24) is 116 Å². The summed E-state index contributed by atoms with van der Waals surface area (Å²) in [5.41, 5.74) is 16.4. The molecule has 0 unspecified atom stereocenters. The smallest absolute Gasteiger partial charge is 0.357 e. The first-order valence-electron chi connectivity index (χ1n) is 45.4. The SMILES string of the molecule is [C-]#[N+]c1c(C)[nH]n2c(=O)c(CC)c(C(=O)OCC)nc12.[C-]#[N+]c1c[nH]n2c(=O)c(CC)c(CCCOC)nc12.[C-]#[N+]c1c[nH]n2c(=O)c(CCC)c(CO)nc12.[C-]#[N+]c1c[nH]n2c(=O)c(CCC)c(COC)nc12.[C-]#[N+]c1c[nH]n2c(=O)c(CCOC)c(C)nc12.[C-]#[N+]c1cnn2c(=O)c(CC)c(C)n(C)c12.[C-]#[N+]c1cnn2c(OC)c(CC)c(C)nc12.[C-]#[N+]c1cnn2c(OCCOC)c3c(nc12)CCCC3. The Hall–Kier alpha value is -17.4. The second-order valence-electron chi connectivity index (χ2n) is 31.5. The first kappa shape index (κ1) is 108. The maximum atomic E-state index is 12.4. The van der Waals surface area contributed by atoms with Crippen molar-refractivity contribution in [2.24, 2.45) is 7.05 Å². The lowest BCUT2D eigenvalue weighted by Gasteiger charge is -2.19. The van der Waals surface area contributed by atoms with Gasteiger partial charge < -0.3 is 68.3 Å². The summed E-state index contributed by atoms with van der Waals surface area (Å²) in [5.74, 6) is 0.746. The Balaban J connectivity index is 0.000000168. The van der Waals surface area contributed by atoms with Gasteiger partial charge in [-0.1, -0.05) is 54.4 Å². The molecule has 17 rings (SSSR count). The first-order chi connectivity index (χ1) is 69.1. The van der Waals surface area contributed by atoms with E-state index in [-0.39, 0.29) is 87.1 Å². The van der Waals surface area contributed by atoms with E-state index < -0.39 is 5.97 Å². The standard InChI is InChI=1S/C14H16N4O2.C13H14N4O3.C13H16N4O2.C12H14N4O2.2C11H12N4O2.2C11H12N4O/c1-15-12-9-16-18-13(12)17-11-6-4-3-5-10(11)14(18)20-8-7-19-2;1-5-8-10(13(19)20-6-2)15-11-9(14-4)7(3)16-17(11)12(8)18;1-4-9-10(6-5-7-19-3)16-12-11(14-2)8-15-17(12)13(9)18;1-4-5-8-10(7-18-3)15-11-9(13-2)6-14-16(11)12(8)17;1-7-8(4-5-17-3)11(16)15-10(14-7)9(12-2)6-13-15;1-3-4-7-9(6-16)14-10-8(12-2)5-13-15(10)11(7)17;1-5-8-7(2)14-10-9(12-3)6-13-15(10)11(8)16-4;1-5-8-7(2)14(4)10-9(12-3)6-13-15(10)11(8)16/h9H,3-8H2,2H3;16H,5-6H2,1-3H3;8,15H,4-7H2,1,3H3;6,14H,4-5,7H2,1,3H3;6,13H,4-5H2,1,3H3;5,13,16H,3-4,6H2,1H3;2*6H,5H2,1-2,4H3. The van der Waals surface area contributed by atoms with Crippen LogP contribution < -0.4 is 42.8 Å². The van der Waals surface area contributed by atoms with Crippen LogP contribution in [0.4, 0.5) is 45.5 Å². The highest BCUT2D eigenvalue weighted by Crippen LogP contribution is 2.34. The minimum absolute atomic E-state index is 0.0109. The molecule has 0 amide bonds. The molecule has 0 fully saturated rings. The molecule has 6 N–H and O–H groups in total. The van der Waals surface area contributed by atoms with Crippen molar-refractivity contribution in [2.45, 2.75) is 186 Å². The molecule has 16 aromatic heterocycles. The van der Waals surface area contributed by atoms with Gasteiger partial charge >= 0.3 is 5.97 Å². The molecule has 16 heterocycles. The molecule has 0 saturated carbocycles. The van der Waals surface area contributed by atoms with Crippen molar-refractivity contribution in [3.8, 4) is 11.8 Å². The predicted molar refractivity (Wildman–Crippen MR) is 529 cm³/mol. The van der Waals surface area contributed by atoms with Crippen LogP contribution in [0.15, 0.2) is 72.1 Å². The largest absolute Gasteiger partial charge is 0.481 e. The Bertz CT molecular complexity index is 8160. The van der Waals surface area contributed by atoms with Crippen LogP contribution in [0.3, 0.4) is 0 Å². The van der Waals surface area contributed by atoms with Crippen LogP contribution in [0, 0.1) is 80.3 Å². The van der Waals surface area contributed by atoms with E-state index in [9.17, 15) is 38.7 Å². The molecule has 1 aliphatic rings. The van der Waals surface area contributed by atoms with E-state index in [2.05, 4.69) is 114 Å². The lowest BCUT2D eigenvalue weighted by atomic mass is 9.97. The van der Waals surface area contributed by atoms with Gasteiger partial charge in [-0.15, -0.1) is 0 Å². The van der Waals surface area contributed by atoms with E-state index in [0.29, 0.717) is 190 Å². The summed E-state index contributed by atoms with van der Waals surface area (Å²) in [6, 6.07) is 0. The van der Waals surface area contributed by atoms with Crippen LogP contribution >= 0.6 is 0 Å². The number of carbonyl (C=O) groups is 1. The second kappa shape index (κ2) is 50.2. The number of rotatable bonds is 25. The van der Waals surface area contributed by atoms with Gasteiger partial charge in [-0.25, -0.2) is 101 Å². The highest BCUT2D eigenvalue weighted by molar-refractivity contribution is 5.90. The van der Waals surface area contributed by atoms with Crippen LogP contribution in [0.1, 0.15) is 181 Å². The number of esters is 1. The number of aliphatic hydroxyl groups excluding tert-OH is 1. The van der Waals surface area contributed by atoms with Gasteiger partial charge in [-0.3, -0.25) is 28.8 Å². The number of aliphatic hydroxyl groups is 1. The molecule has 0 atom stereocenters. The molecule has 16 aromatic rings. The number of fused-ring (bicyclic) bond motifs is 9. The van der Waals surface area contributed by atoms with E-state index in [1.54, 1.807) is 78.5 Å². The number of nitrogens with one attached hydrogen (secondary N) is 5. The summed E-state index contributed by atoms with van der Waals surface area (Å²) >= 11 is 0. The highest BCUT2D eigenvalue weighted by Gasteiger charge is 2.27. The third-order valence-electron chi connectivity index (χ3n) is 22.9.